The van der Waals surface area contributed by atoms with Crippen molar-refractivity contribution in [2.45, 2.75) is 32.4 Å². The summed E-state index contributed by atoms with van der Waals surface area (Å²) in [4.78, 5) is 9.26. The summed E-state index contributed by atoms with van der Waals surface area (Å²) < 4.78 is 13.1. The highest BCUT2D eigenvalue weighted by molar-refractivity contribution is 5.87. The third-order valence-corrected chi connectivity index (χ3v) is 3.97. The van der Waals surface area contributed by atoms with Crippen LogP contribution in [0.1, 0.15) is 25.6 Å². The van der Waals surface area contributed by atoms with E-state index in [0.717, 1.165) is 48.7 Å². The number of allylic oxidation sites excluding steroid dienone is 1. The molecular weight excluding hydrogens is 292 g/mol. The monoisotopic (exact) mass is 316 g/mol. The van der Waals surface area contributed by atoms with Gasteiger partial charge in [0.05, 0.1) is 18.2 Å². The van der Waals surface area contributed by atoms with Crippen LogP contribution in [0.15, 0.2) is 18.3 Å². The molecule has 1 fully saturated rings. The highest BCUT2D eigenvalue weighted by atomic mass is 16.5. The van der Waals surface area contributed by atoms with Crippen LogP contribution < -0.4 is 5.32 Å². The Morgan fingerprint density at radius 3 is 3.13 bits per heavy atom. The van der Waals surface area contributed by atoms with Crippen molar-refractivity contribution in [3.05, 3.63) is 24.2 Å². The first-order chi connectivity index (χ1) is 11.3. The maximum Gasteiger partial charge on any atom is 0.154 e. The Balaban J connectivity index is 1.93. The molecule has 1 N–H and O–H groups in total. The molecule has 2 aromatic heterocycles. The molecule has 0 amide bonds. The van der Waals surface area contributed by atoms with Crippen LogP contribution in [-0.4, -0.2) is 47.5 Å². The van der Waals surface area contributed by atoms with Crippen molar-refractivity contribution in [2.24, 2.45) is 0 Å². The standard InChI is InChI=1S/C17H24N4O2/c1-3-5-15-19-14-7-9-21(12-13-6-4-10-23-13)16(14)17(20-15)18-8-11-22-2/h3,5,7,9,13H,4,6,8,10-12H2,1-2H3,(H,18,19,20). The van der Waals surface area contributed by atoms with Crippen LogP contribution in [0.2, 0.25) is 0 Å². The molecule has 3 rings (SSSR count). The third kappa shape index (κ3) is 3.71. The second kappa shape index (κ2) is 7.57. The Bertz CT molecular complexity index is 675. The predicted octanol–water partition coefficient (Wildman–Crippen LogP) is 2.70. The molecular formula is C17H24N4O2. The predicted molar refractivity (Wildman–Crippen MR) is 91.6 cm³/mol. The summed E-state index contributed by atoms with van der Waals surface area (Å²) in [5.74, 6) is 1.57. The van der Waals surface area contributed by atoms with E-state index in [4.69, 9.17) is 9.47 Å². The van der Waals surface area contributed by atoms with E-state index in [0.29, 0.717) is 13.2 Å². The van der Waals surface area contributed by atoms with Gasteiger partial charge in [-0.3, -0.25) is 0 Å². The molecule has 6 heteroatoms. The van der Waals surface area contributed by atoms with E-state index in [1.54, 1.807) is 7.11 Å². The van der Waals surface area contributed by atoms with Gasteiger partial charge < -0.3 is 19.4 Å². The van der Waals surface area contributed by atoms with Crippen LogP contribution in [0.25, 0.3) is 17.1 Å². The van der Waals surface area contributed by atoms with E-state index < -0.39 is 0 Å². The lowest BCUT2D eigenvalue weighted by Crippen LogP contribution is -2.16. The number of rotatable bonds is 7. The molecule has 0 saturated carbocycles. The second-order valence-corrected chi connectivity index (χ2v) is 5.69. The van der Waals surface area contributed by atoms with Gasteiger partial charge in [-0.15, -0.1) is 0 Å². The van der Waals surface area contributed by atoms with Crippen molar-refractivity contribution >= 4 is 22.9 Å². The van der Waals surface area contributed by atoms with Gasteiger partial charge in [0.2, 0.25) is 0 Å². The van der Waals surface area contributed by atoms with Gasteiger partial charge in [-0.25, -0.2) is 9.97 Å². The SMILES string of the molecule is CC=Cc1nc(NCCOC)c2c(ccn2CC2CCCO2)n1. The Morgan fingerprint density at radius 2 is 2.39 bits per heavy atom. The molecule has 0 bridgehead atoms. The van der Waals surface area contributed by atoms with Crippen molar-refractivity contribution in [1.29, 1.82) is 0 Å². The molecule has 23 heavy (non-hydrogen) atoms. The van der Waals surface area contributed by atoms with Crippen LogP contribution in [0.5, 0.6) is 0 Å². The summed E-state index contributed by atoms with van der Waals surface area (Å²) in [6, 6.07) is 2.04. The normalized spacial score (nSPS) is 18.3. The Hall–Kier alpha value is -1.92. The summed E-state index contributed by atoms with van der Waals surface area (Å²) in [6.07, 6.45) is 8.48. The van der Waals surface area contributed by atoms with Gasteiger partial charge in [0.25, 0.3) is 0 Å². The third-order valence-electron chi connectivity index (χ3n) is 3.97. The fraction of sp³-hybridized carbons (Fsp3) is 0.529. The molecule has 124 valence electrons. The Morgan fingerprint density at radius 1 is 1.48 bits per heavy atom. The van der Waals surface area contributed by atoms with Crippen molar-refractivity contribution in [3.8, 4) is 0 Å². The topological polar surface area (TPSA) is 61.2 Å². The fourth-order valence-electron chi connectivity index (χ4n) is 2.90. The number of anilines is 1. The summed E-state index contributed by atoms with van der Waals surface area (Å²) >= 11 is 0. The van der Waals surface area contributed by atoms with Gasteiger partial charge in [0.1, 0.15) is 5.52 Å². The molecule has 2 aromatic rings. The van der Waals surface area contributed by atoms with Crippen LogP contribution in [0, 0.1) is 0 Å². The van der Waals surface area contributed by atoms with Crippen molar-refractivity contribution < 1.29 is 9.47 Å². The quantitative estimate of drug-likeness (QED) is 0.796. The Labute approximate surface area is 136 Å². The molecule has 1 saturated heterocycles. The van der Waals surface area contributed by atoms with E-state index >= 15 is 0 Å². The van der Waals surface area contributed by atoms with Crippen molar-refractivity contribution in [2.75, 3.05) is 32.2 Å². The fourth-order valence-corrected chi connectivity index (χ4v) is 2.90. The maximum absolute atomic E-state index is 5.76. The number of ether oxygens (including phenoxy) is 2. The minimum Gasteiger partial charge on any atom is -0.383 e. The van der Waals surface area contributed by atoms with Crippen LogP contribution in [0.4, 0.5) is 5.82 Å². The molecule has 1 aliphatic heterocycles. The van der Waals surface area contributed by atoms with Crippen LogP contribution in [0.3, 0.4) is 0 Å². The van der Waals surface area contributed by atoms with Crippen LogP contribution in [-0.2, 0) is 16.0 Å². The van der Waals surface area contributed by atoms with E-state index in [1.165, 1.54) is 0 Å². The average Bonchev–Trinajstić information content (AvgIpc) is 3.19. The number of hydrogen-bond acceptors (Lipinski definition) is 5. The maximum atomic E-state index is 5.76. The number of hydrogen-bond donors (Lipinski definition) is 1. The van der Waals surface area contributed by atoms with Crippen LogP contribution >= 0.6 is 0 Å². The van der Waals surface area contributed by atoms with Crippen molar-refractivity contribution in [1.82, 2.24) is 14.5 Å². The molecule has 3 heterocycles. The zero-order valence-electron chi connectivity index (χ0n) is 13.8. The summed E-state index contributed by atoms with van der Waals surface area (Å²) in [5, 5.41) is 3.37. The molecule has 0 radical (unpaired) electrons. The van der Waals surface area contributed by atoms with E-state index in [1.807, 2.05) is 25.1 Å². The summed E-state index contributed by atoms with van der Waals surface area (Å²) in [7, 11) is 1.70. The van der Waals surface area contributed by atoms with E-state index in [2.05, 4.69) is 26.0 Å². The molecule has 6 nitrogen and oxygen atoms in total. The molecule has 0 aromatic carbocycles. The Kier molecular flexibility index (Phi) is 5.25. The van der Waals surface area contributed by atoms with Gasteiger partial charge in [0.15, 0.2) is 11.6 Å². The van der Waals surface area contributed by atoms with Gasteiger partial charge in [-0.05, 0) is 31.9 Å². The number of nitrogens with zero attached hydrogens (tertiary/aromatic N) is 3. The summed E-state index contributed by atoms with van der Waals surface area (Å²) in [6.45, 7) is 5.02. The molecule has 1 atom stereocenters. The van der Waals surface area contributed by atoms with Gasteiger partial charge >= 0.3 is 0 Å². The molecule has 0 aliphatic carbocycles. The largest absolute Gasteiger partial charge is 0.383 e. The lowest BCUT2D eigenvalue weighted by atomic mass is 10.2. The zero-order chi connectivity index (χ0) is 16.1. The van der Waals surface area contributed by atoms with Crippen molar-refractivity contribution in [3.63, 3.8) is 0 Å². The smallest absolute Gasteiger partial charge is 0.154 e. The van der Waals surface area contributed by atoms with E-state index in [-0.39, 0.29) is 6.10 Å². The zero-order valence-corrected chi connectivity index (χ0v) is 13.8. The van der Waals surface area contributed by atoms with Gasteiger partial charge in [-0.1, -0.05) is 6.08 Å². The lowest BCUT2D eigenvalue weighted by molar-refractivity contribution is 0.0980. The number of methoxy groups -OCH3 is 1. The van der Waals surface area contributed by atoms with Gasteiger partial charge in [-0.2, -0.15) is 0 Å². The number of nitrogens with one attached hydrogen (secondary N) is 1. The minimum absolute atomic E-state index is 0.285. The second-order valence-electron chi connectivity index (χ2n) is 5.69. The first-order valence-electron chi connectivity index (χ1n) is 8.16. The number of fused-ring (bicyclic) bond motifs is 1. The number of aromatic nitrogens is 3. The van der Waals surface area contributed by atoms with E-state index in [9.17, 15) is 0 Å². The molecule has 0 spiro atoms. The highest BCUT2D eigenvalue weighted by Crippen LogP contribution is 2.24. The average molecular weight is 316 g/mol. The summed E-state index contributed by atoms with van der Waals surface area (Å²) in [5.41, 5.74) is 1.98. The lowest BCUT2D eigenvalue weighted by Gasteiger charge is -2.14. The first kappa shape index (κ1) is 16.0. The molecule has 1 unspecified atom stereocenters. The minimum atomic E-state index is 0.285. The first-order valence-corrected chi connectivity index (χ1v) is 8.16. The molecule has 1 aliphatic rings. The van der Waals surface area contributed by atoms with Gasteiger partial charge in [0, 0.05) is 33.0 Å². The highest BCUT2D eigenvalue weighted by Gasteiger charge is 2.18.